The van der Waals surface area contributed by atoms with E-state index in [0.29, 0.717) is 17.5 Å². The Balaban J connectivity index is 1.51. The number of carbonyl (C=O) groups is 2. The van der Waals surface area contributed by atoms with Crippen molar-refractivity contribution in [3.8, 4) is 0 Å². The normalized spacial score (nSPS) is 19.4. The Bertz CT molecular complexity index is 1790. The van der Waals surface area contributed by atoms with E-state index in [1.165, 1.54) is 18.2 Å². The van der Waals surface area contributed by atoms with Crippen LogP contribution in [0, 0.1) is 0 Å². The highest BCUT2D eigenvalue weighted by Gasteiger charge is 2.46. The van der Waals surface area contributed by atoms with Gasteiger partial charge in [0, 0.05) is 11.3 Å². The minimum absolute atomic E-state index is 0.146. The van der Waals surface area contributed by atoms with Crippen molar-refractivity contribution in [3.63, 3.8) is 0 Å². The monoisotopic (exact) mass is 585 g/mol. The Hall–Kier alpha value is -4.70. The number of aliphatic hydroxyl groups excluding tert-OH is 1. The van der Waals surface area contributed by atoms with Crippen molar-refractivity contribution in [1.82, 2.24) is 0 Å². The minimum Gasteiger partial charge on any atom is -0.506 e. The molecule has 0 bridgehead atoms. The number of aliphatic hydroxyl groups is 1. The average molecular weight is 586 g/mol. The first-order valence-corrected chi connectivity index (χ1v) is 14.8. The molecule has 5 rings (SSSR count). The third kappa shape index (κ3) is 5.58. The Morgan fingerprint density at radius 1 is 1.07 bits per heavy atom. The van der Waals surface area contributed by atoms with E-state index in [1.807, 2.05) is 42.5 Å². The van der Waals surface area contributed by atoms with Gasteiger partial charge in [-0.2, -0.15) is 8.42 Å². The summed E-state index contributed by atoms with van der Waals surface area (Å²) in [5.41, 5.74) is 0.296. The van der Waals surface area contributed by atoms with Gasteiger partial charge in [-0.1, -0.05) is 66.7 Å². The van der Waals surface area contributed by atoms with Crippen molar-refractivity contribution >= 4 is 50.9 Å². The molecule has 3 N–H and O–H groups in total. The van der Waals surface area contributed by atoms with Gasteiger partial charge in [-0.25, -0.2) is 4.79 Å². The molecule has 3 aromatic carbocycles. The first kappa shape index (κ1) is 28.8. The molecule has 3 aromatic rings. The van der Waals surface area contributed by atoms with Gasteiger partial charge < -0.3 is 15.2 Å². The molecule has 0 aromatic heterocycles. The van der Waals surface area contributed by atoms with Crippen molar-refractivity contribution in [2.45, 2.75) is 50.0 Å². The topological polar surface area (TPSA) is 134 Å². The first-order valence-electron chi connectivity index (χ1n) is 13.3. The number of ketones is 1. The van der Waals surface area contributed by atoms with Crippen LogP contribution in [0.3, 0.4) is 0 Å². The van der Waals surface area contributed by atoms with Gasteiger partial charge in [0.1, 0.15) is 21.8 Å². The Labute approximate surface area is 244 Å². The van der Waals surface area contributed by atoms with E-state index in [-0.39, 0.29) is 33.4 Å². The van der Waals surface area contributed by atoms with Gasteiger partial charge >= 0.3 is 6.09 Å². The number of nitrogens with zero attached hydrogens (tertiary/aromatic N) is 1. The fourth-order valence-corrected chi connectivity index (χ4v) is 6.14. The molecular formula is C32H31N3O6S. The molecule has 1 heterocycles. The van der Waals surface area contributed by atoms with Gasteiger partial charge in [-0.05, 0) is 63.4 Å². The summed E-state index contributed by atoms with van der Waals surface area (Å²) < 4.78 is 35.8. The maximum Gasteiger partial charge on any atom is 0.412 e. The minimum atomic E-state index is -4.33. The standard InChI is InChI=1S/C32H31N3O6S/c1-31(2,3)41-30(38)33-21-16-17-24-25(19-21)42(39,40)35-29(34-24)26-27(36)22-14-8-9-15-23(22)32(4,28(26)37)18-10-13-20-11-6-5-7-12-20/h5-17,19,36H,18H2,1-4H3,(H,33,38)(H,34,35)/b13-10+. The molecule has 42 heavy (non-hydrogen) atoms. The maximum atomic E-state index is 14.1. The molecule has 1 unspecified atom stereocenters. The smallest absolute Gasteiger partial charge is 0.412 e. The van der Waals surface area contributed by atoms with Gasteiger partial charge in [0.2, 0.25) is 0 Å². The molecule has 1 atom stereocenters. The Morgan fingerprint density at radius 2 is 1.76 bits per heavy atom. The van der Waals surface area contributed by atoms with Crippen LogP contribution in [0.15, 0.2) is 93.7 Å². The van der Waals surface area contributed by atoms with Crippen LogP contribution in [0.5, 0.6) is 0 Å². The summed E-state index contributed by atoms with van der Waals surface area (Å²) in [6, 6.07) is 20.9. The number of sulfonamides is 1. The zero-order chi connectivity index (χ0) is 30.3. The SMILES string of the molecule is CC(C)(C)OC(=O)Nc1ccc2c(c1)S(=O)(=O)N=C(C1=C(O)c3ccccc3C(C)(C/C=C/c3ccccc3)C1=O)N2. The number of ether oxygens (including phenoxy) is 1. The molecule has 0 fully saturated rings. The van der Waals surface area contributed by atoms with Gasteiger partial charge in [0.25, 0.3) is 10.0 Å². The van der Waals surface area contributed by atoms with Gasteiger partial charge in [0.05, 0.1) is 11.1 Å². The molecule has 0 spiro atoms. The molecule has 2 aliphatic rings. The molecule has 1 aliphatic heterocycles. The van der Waals surface area contributed by atoms with Crippen LogP contribution in [0.2, 0.25) is 0 Å². The lowest BCUT2D eigenvalue weighted by Gasteiger charge is -2.35. The second kappa shape index (κ2) is 10.6. The number of Topliss-reactive ketones (excluding diaryl/α,β-unsaturated/α-hetero) is 1. The van der Waals surface area contributed by atoms with E-state index >= 15 is 0 Å². The number of carbonyl (C=O) groups excluding carboxylic acids is 2. The predicted octanol–water partition coefficient (Wildman–Crippen LogP) is 6.46. The van der Waals surface area contributed by atoms with Crippen molar-refractivity contribution in [2.75, 3.05) is 10.6 Å². The van der Waals surface area contributed by atoms with Crippen LogP contribution in [0.25, 0.3) is 11.8 Å². The number of amides is 1. The number of allylic oxidation sites excluding steroid dienone is 1. The first-order chi connectivity index (χ1) is 19.8. The van der Waals surface area contributed by atoms with E-state index in [9.17, 15) is 23.1 Å². The van der Waals surface area contributed by atoms with Crippen LogP contribution in [0.4, 0.5) is 16.2 Å². The van der Waals surface area contributed by atoms with Gasteiger partial charge in [-0.3, -0.25) is 10.1 Å². The summed E-state index contributed by atoms with van der Waals surface area (Å²) in [5.74, 6) is -1.09. The number of benzene rings is 3. The summed E-state index contributed by atoms with van der Waals surface area (Å²) in [7, 11) is -4.33. The third-order valence-electron chi connectivity index (χ3n) is 6.98. The largest absolute Gasteiger partial charge is 0.506 e. The maximum absolute atomic E-state index is 14.1. The molecule has 216 valence electrons. The number of anilines is 2. The Morgan fingerprint density at radius 3 is 2.48 bits per heavy atom. The highest BCUT2D eigenvalue weighted by atomic mass is 32.2. The number of fused-ring (bicyclic) bond motifs is 2. The summed E-state index contributed by atoms with van der Waals surface area (Å²) in [5, 5.41) is 16.7. The summed E-state index contributed by atoms with van der Waals surface area (Å²) in [4.78, 5) is 26.2. The third-order valence-corrected chi connectivity index (χ3v) is 8.30. The fourth-order valence-electron chi connectivity index (χ4n) is 4.99. The molecule has 1 aliphatic carbocycles. The van der Waals surface area contributed by atoms with Crippen LogP contribution in [-0.2, 0) is 25.0 Å². The molecule has 0 radical (unpaired) electrons. The number of nitrogens with one attached hydrogen (secondary N) is 2. The summed E-state index contributed by atoms with van der Waals surface area (Å²) in [6.07, 6.45) is 3.37. The molecule has 9 nitrogen and oxygen atoms in total. The zero-order valence-corrected chi connectivity index (χ0v) is 24.5. The lowest BCUT2D eigenvalue weighted by Crippen LogP contribution is -2.42. The van der Waals surface area contributed by atoms with Crippen LogP contribution < -0.4 is 10.6 Å². The fraction of sp³-hybridized carbons (Fsp3) is 0.219. The lowest BCUT2D eigenvalue weighted by molar-refractivity contribution is -0.120. The molecular weight excluding hydrogens is 554 g/mol. The predicted molar refractivity (Wildman–Crippen MR) is 163 cm³/mol. The number of hydrogen-bond donors (Lipinski definition) is 3. The van der Waals surface area contributed by atoms with Crippen molar-refractivity contribution in [2.24, 2.45) is 4.40 Å². The van der Waals surface area contributed by atoms with Crippen molar-refractivity contribution in [1.29, 1.82) is 0 Å². The quantitative estimate of drug-likeness (QED) is 0.313. The molecule has 1 amide bonds. The van der Waals surface area contributed by atoms with E-state index in [4.69, 9.17) is 4.74 Å². The van der Waals surface area contributed by atoms with Crippen LogP contribution in [-0.4, -0.2) is 36.8 Å². The average Bonchev–Trinajstić information content (AvgIpc) is 2.92. The molecule has 0 saturated heterocycles. The second-order valence-electron chi connectivity index (χ2n) is 11.3. The number of amidine groups is 1. The summed E-state index contributed by atoms with van der Waals surface area (Å²) in [6.45, 7) is 6.91. The van der Waals surface area contributed by atoms with Crippen LogP contribution in [0.1, 0.15) is 50.8 Å². The van der Waals surface area contributed by atoms with Crippen LogP contribution >= 0.6 is 0 Å². The van der Waals surface area contributed by atoms with E-state index in [1.54, 1.807) is 52.0 Å². The van der Waals surface area contributed by atoms with Gasteiger partial charge in [-0.15, -0.1) is 4.40 Å². The highest BCUT2D eigenvalue weighted by Crippen LogP contribution is 2.43. The van der Waals surface area contributed by atoms with Gasteiger partial charge in [0.15, 0.2) is 11.6 Å². The number of rotatable bonds is 5. The molecule has 0 saturated carbocycles. The van der Waals surface area contributed by atoms with E-state index in [2.05, 4.69) is 15.0 Å². The highest BCUT2D eigenvalue weighted by molar-refractivity contribution is 7.90. The van der Waals surface area contributed by atoms with E-state index < -0.39 is 32.9 Å². The van der Waals surface area contributed by atoms with E-state index in [0.717, 1.165) is 5.56 Å². The number of hydrogen-bond acceptors (Lipinski definition) is 7. The van der Waals surface area contributed by atoms with Crippen molar-refractivity contribution in [3.05, 3.63) is 101 Å². The second-order valence-corrected chi connectivity index (χ2v) is 12.9. The zero-order valence-electron chi connectivity index (χ0n) is 23.6. The molecule has 10 heteroatoms. The van der Waals surface area contributed by atoms with Crippen molar-refractivity contribution < 1.29 is 27.9 Å². The summed E-state index contributed by atoms with van der Waals surface area (Å²) >= 11 is 0. The Kier molecular flexibility index (Phi) is 7.28. The lowest BCUT2D eigenvalue weighted by atomic mass is 9.67.